The summed E-state index contributed by atoms with van der Waals surface area (Å²) in [7, 11) is 0. The van der Waals surface area contributed by atoms with Gasteiger partial charge in [0.25, 0.3) is 0 Å². The van der Waals surface area contributed by atoms with Crippen LogP contribution in [0.1, 0.15) is 25.7 Å². The van der Waals surface area contributed by atoms with Crippen LogP contribution in [0.3, 0.4) is 0 Å². The number of carbonyl (C=O) groups is 1. The molecule has 0 aliphatic carbocycles. The number of nitrogens with one attached hydrogen (secondary N) is 1. The van der Waals surface area contributed by atoms with Gasteiger partial charge < -0.3 is 15.1 Å². The number of benzene rings is 1. The van der Waals surface area contributed by atoms with Gasteiger partial charge in [0.1, 0.15) is 0 Å². The van der Waals surface area contributed by atoms with Crippen LogP contribution in [-0.4, -0.2) is 57.8 Å². The lowest BCUT2D eigenvalue weighted by molar-refractivity contribution is 0.194. The maximum Gasteiger partial charge on any atom is 0.350 e. The molecule has 1 fully saturated rings. The van der Waals surface area contributed by atoms with Gasteiger partial charge in [-0.2, -0.15) is 0 Å². The van der Waals surface area contributed by atoms with Crippen molar-refractivity contribution in [2.24, 2.45) is 0 Å². The largest absolute Gasteiger partial charge is 0.368 e. The summed E-state index contributed by atoms with van der Waals surface area (Å²) >= 11 is 6.08. The molecule has 32 heavy (non-hydrogen) atoms. The van der Waals surface area contributed by atoms with Gasteiger partial charge in [0, 0.05) is 56.2 Å². The van der Waals surface area contributed by atoms with Crippen molar-refractivity contribution in [3.63, 3.8) is 0 Å². The Morgan fingerprint density at radius 3 is 2.59 bits per heavy atom. The summed E-state index contributed by atoms with van der Waals surface area (Å²) in [6.07, 6.45) is 5.55. The lowest BCUT2D eigenvalue weighted by Crippen LogP contribution is -2.52. The SMILES string of the molecule is O=C(NCCCCCCn1nc2ccccn2c1=O)N1CCN(c2cccc(Cl)c2)CC1. The number of urea groups is 1. The van der Waals surface area contributed by atoms with E-state index in [9.17, 15) is 9.59 Å². The fourth-order valence-electron chi connectivity index (χ4n) is 4.00. The van der Waals surface area contributed by atoms with Gasteiger partial charge in [0.15, 0.2) is 5.65 Å². The van der Waals surface area contributed by atoms with E-state index in [2.05, 4.69) is 15.3 Å². The van der Waals surface area contributed by atoms with Crippen LogP contribution in [0.15, 0.2) is 53.5 Å². The third-order valence-electron chi connectivity index (χ3n) is 5.80. The van der Waals surface area contributed by atoms with Crippen LogP contribution in [-0.2, 0) is 6.54 Å². The summed E-state index contributed by atoms with van der Waals surface area (Å²) in [4.78, 5) is 28.8. The fourth-order valence-corrected chi connectivity index (χ4v) is 4.19. The molecule has 4 rings (SSSR count). The molecule has 2 amide bonds. The van der Waals surface area contributed by atoms with Crippen LogP contribution >= 0.6 is 11.6 Å². The Kier molecular flexibility index (Phi) is 7.32. The Morgan fingerprint density at radius 2 is 1.81 bits per heavy atom. The highest BCUT2D eigenvalue weighted by atomic mass is 35.5. The molecule has 0 saturated carbocycles. The maximum absolute atomic E-state index is 12.4. The number of pyridine rings is 1. The van der Waals surface area contributed by atoms with Crippen molar-refractivity contribution < 1.29 is 4.79 Å². The van der Waals surface area contributed by atoms with Crippen molar-refractivity contribution in [2.75, 3.05) is 37.6 Å². The van der Waals surface area contributed by atoms with Gasteiger partial charge in [0.05, 0.1) is 0 Å². The topological polar surface area (TPSA) is 74.9 Å². The molecule has 0 unspecified atom stereocenters. The van der Waals surface area contributed by atoms with E-state index < -0.39 is 0 Å². The van der Waals surface area contributed by atoms with E-state index in [0.717, 1.165) is 49.5 Å². The van der Waals surface area contributed by atoms with Gasteiger partial charge in [0.2, 0.25) is 0 Å². The van der Waals surface area contributed by atoms with Crippen molar-refractivity contribution in [2.45, 2.75) is 32.2 Å². The van der Waals surface area contributed by atoms with E-state index in [4.69, 9.17) is 11.6 Å². The van der Waals surface area contributed by atoms with Gasteiger partial charge >= 0.3 is 11.7 Å². The first-order chi connectivity index (χ1) is 15.6. The number of piperazine rings is 1. The Bertz CT molecular complexity index is 1100. The van der Waals surface area contributed by atoms with Crippen LogP contribution < -0.4 is 15.9 Å². The minimum Gasteiger partial charge on any atom is -0.368 e. The molecule has 1 aliphatic heterocycles. The molecule has 3 aromatic rings. The van der Waals surface area contributed by atoms with Crippen LogP contribution in [0.4, 0.5) is 10.5 Å². The van der Waals surface area contributed by atoms with Gasteiger partial charge in [-0.05, 0) is 43.2 Å². The number of anilines is 1. The zero-order chi connectivity index (χ0) is 22.3. The molecule has 0 atom stereocenters. The van der Waals surface area contributed by atoms with Crippen LogP contribution in [0.2, 0.25) is 5.02 Å². The molecule has 9 heteroatoms. The Hall–Kier alpha value is -3.00. The molecule has 0 bridgehead atoms. The van der Waals surface area contributed by atoms with Crippen molar-refractivity contribution in [1.29, 1.82) is 0 Å². The minimum absolute atomic E-state index is 0.00648. The van der Waals surface area contributed by atoms with E-state index in [1.807, 2.05) is 47.4 Å². The molecular weight excluding hydrogens is 428 g/mol. The number of unbranched alkanes of at least 4 members (excludes halogenated alkanes) is 3. The standard InChI is InChI=1S/C23H29ClN6O2/c24-19-8-7-9-20(18-19)27-14-16-28(17-15-27)22(31)25-11-4-1-2-5-13-30-23(32)29-12-6-3-10-21(29)26-30/h3,6-10,12,18H,1-2,4-5,11,13-17H2,(H,25,31). The van der Waals surface area contributed by atoms with E-state index in [-0.39, 0.29) is 11.7 Å². The number of fused-ring (bicyclic) bond motifs is 1. The third kappa shape index (κ3) is 5.43. The quantitative estimate of drug-likeness (QED) is 0.528. The zero-order valence-electron chi connectivity index (χ0n) is 18.1. The predicted molar refractivity (Wildman–Crippen MR) is 127 cm³/mol. The van der Waals surface area contributed by atoms with Gasteiger partial charge in [-0.1, -0.05) is 36.6 Å². The molecule has 0 radical (unpaired) electrons. The highest BCUT2D eigenvalue weighted by Gasteiger charge is 2.21. The number of aromatic nitrogens is 3. The third-order valence-corrected chi connectivity index (χ3v) is 6.04. The van der Waals surface area contributed by atoms with Gasteiger partial charge in [-0.25, -0.2) is 14.3 Å². The Balaban J connectivity index is 1.10. The summed E-state index contributed by atoms with van der Waals surface area (Å²) in [5.74, 6) is 0. The fraction of sp³-hybridized carbons (Fsp3) is 0.435. The monoisotopic (exact) mass is 456 g/mol. The van der Waals surface area contributed by atoms with E-state index in [1.165, 1.54) is 4.68 Å². The Morgan fingerprint density at radius 1 is 1.00 bits per heavy atom. The van der Waals surface area contributed by atoms with E-state index >= 15 is 0 Å². The van der Waals surface area contributed by atoms with Crippen molar-refractivity contribution in [1.82, 2.24) is 24.4 Å². The molecule has 170 valence electrons. The molecular formula is C23H29ClN6O2. The van der Waals surface area contributed by atoms with E-state index in [1.54, 1.807) is 10.6 Å². The number of hydrogen-bond acceptors (Lipinski definition) is 4. The second-order valence-corrected chi connectivity index (χ2v) is 8.47. The molecule has 3 heterocycles. The number of amides is 2. The lowest BCUT2D eigenvalue weighted by Gasteiger charge is -2.36. The number of nitrogens with zero attached hydrogens (tertiary/aromatic N) is 5. The number of carbonyl (C=O) groups excluding carboxylic acids is 1. The molecule has 8 nitrogen and oxygen atoms in total. The maximum atomic E-state index is 12.4. The normalized spacial score (nSPS) is 14.2. The molecule has 2 aromatic heterocycles. The average molecular weight is 457 g/mol. The summed E-state index contributed by atoms with van der Waals surface area (Å²) in [6, 6.07) is 13.4. The molecule has 1 aromatic carbocycles. The number of hydrogen-bond donors (Lipinski definition) is 1. The highest BCUT2D eigenvalue weighted by molar-refractivity contribution is 6.30. The average Bonchev–Trinajstić information content (AvgIpc) is 3.14. The first-order valence-corrected chi connectivity index (χ1v) is 11.6. The van der Waals surface area contributed by atoms with Gasteiger partial charge in [-0.15, -0.1) is 5.10 Å². The number of aryl methyl sites for hydroxylation is 1. The molecule has 1 aliphatic rings. The highest BCUT2D eigenvalue weighted by Crippen LogP contribution is 2.20. The molecule has 0 spiro atoms. The zero-order valence-corrected chi connectivity index (χ0v) is 18.9. The molecule has 1 N–H and O–H groups in total. The second kappa shape index (κ2) is 10.5. The predicted octanol–water partition coefficient (Wildman–Crippen LogP) is 3.24. The molecule has 1 saturated heterocycles. The van der Waals surface area contributed by atoms with E-state index in [0.29, 0.717) is 31.8 Å². The smallest absolute Gasteiger partial charge is 0.350 e. The summed E-state index contributed by atoms with van der Waals surface area (Å²) in [5, 5.41) is 8.10. The number of rotatable bonds is 8. The first kappa shape index (κ1) is 22.2. The summed E-state index contributed by atoms with van der Waals surface area (Å²) < 4.78 is 3.09. The van der Waals surface area contributed by atoms with Crippen molar-refractivity contribution in [3.05, 3.63) is 64.2 Å². The lowest BCUT2D eigenvalue weighted by atomic mass is 10.2. The Labute approximate surface area is 192 Å². The second-order valence-electron chi connectivity index (χ2n) is 8.03. The van der Waals surface area contributed by atoms with Crippen molar-refractivity contribution >= 4 is 29.0 Å². The first-order valence-electron chi connectivity index (χ1n) is 11.2. The summed E-state index contributed by atoms with van der Waals surface area (Å²) in [6.45, 7) is 4.29. The van der Waals surface area contributed by atoms with Crippen LogP contribution in [0.25, 0.3) is 5.65 Å². The summed E-state index contributed by atoms with van der Waals surface area (Å²) in [5.41, 5.74) is 1.68. The minimum atomic E-state index is -0.0941. The number of halogens is 1. The van der Waals surface area contributed by atoms with Crippen LogP contribution in [0.5, 0.6) is 0 Å². The van der Waals surface area contributed by atoms with Crippen molar-refractivity contribution in [3.8, 4) is 0 Å². The van der Waals surface area contributed by atoms with Gasteiger partial charge in [-0.3, -0.25) is 4.40 Å². The van der Waals surface area contributed by atoms with Crippen LogP contribution in [0, 0.1) is 0 Å².